The van der Waals surface area contributed by atoms with Crippen molar-refractivity contribution in [2.24, 2.45) is 17.8 Å². The number of rotatable bonds is 26. The third-order valence-corrected chi connectivity index (χ3v) is 10.4. The van der Waals surface area contributed by atoms with Crippen molar-refractivity contribution in [3.63, 3.8) is 0 Å². The van der Waals surface area contributed by atoms with E-state index in [-0.39, 0.29) is 35.7 Å². The Kier molecular flexibility index (Phi) is 19.6. The molecule has 0 fully saturated rings. The van der Waals surface area contributed by atoms with E-state index in [4.69, 9.17) is 9.47 Å². The molecule has 1 heterocycles. The molecule has 318 valence electrons. The van der Waals surface area contributed by atoms with Gasteiger partial charge in [-0.25, -0.2) is 9.59 Å². The summed E-state index contributed by atoms with van der Waals surface area (Å²) in [6.07, 6.45) is 11.9. The standard InChI is InChI=1S/C47H65N7O5/c1-7-12-15-33(6)31-58-43(56)37-20-26-40(27-21-37)50-46-52-45(49-39-24-18-36(19-25-39)42(55)48-30-34(10-4)16-13-8-2)53-47(54-46)51-41-28-22-38(23-29-41)44(57)59-32-35(11-5)17-14-9-3/h18-29,33-35H,7-17,30-32H2,1-6H3,(H,48,55)(H3,49,50,51,52,53,54). The van der Waals surface area contributed by atoms with Gasteiger partial charge in [-0.15, -0.1) is 0 Å². The van der Waals surface area contributed by atoms with Crippen LogP contribution in [0.2, 0.25) is 0 Å². The van der Waals surface area contributed by atoms with Crippen molar-refractivity contribution in [1.82, 2.24) is 20.3 Å². The summed E-state index contributed by atoms with van der Waals surface area (Å²) in [6, 6.07) is 21.0. The van der Waals surface area contributed by atoms with E-state index in [0.29, 0.717) is 71.3 Å². The van der Waals surface area contributed by atoms with Gasteiger partial charge in [-0.05, 0) is 110 Å². The Balaban J connectivity index is 1.48. The minimum Gasteiger partial charge on any atom is -0.462 e. The molecule has 0 aliphatic carbocycles. The minimum atomic E-state index is -0.366. The maximum Gasteiger partial charge on any atom is 0.338 e. The molecule has 0 aliphatic rings. The topological polar surface area (TPSA) is 156 Å². The van der Waals surface area contributed by atoms with Gasteiger partial charge in [-0.2, -0.15) is 15.0 Å². The van der Waals surface area contributed by atoms with Gasteiger partial charge >= 0.3 is 11.9 Å². The van der Waals surface area contributed by atoms with E-state index < -0.39 is 0 Å². The zero-order valence-corrected chi connectivity index (χ0v) is 35.9. The molecule has 3 unspecified atom stereocenters. The Morgan fingerprint density at radius 3 is 1.34 bits per heavy atom. The molecule has 1 amide bonds. The molecule has 0 bridgehead atoms. The number of amides is 1. The van der Waals surface area contributed by atoms with Crippen LogP contribution in [0.1, 0.15) is 143 Å². The molecule has 4 aromatic rings. The average Bonchev–Trinajstić information content (AvgIpc) is 3.25. The second-order valence-electron chi connectivity index (χ2n) is 15.4. The third kappa shape index (κ3) is 16.0. The Hall–Kier alpha value is -5.52. The highest BCUT2D eigenvalue weighted by atomic mass is 16.5. The molecule has 0 saturated carbocycles. The number of unbranched alkanes of at least 4 members (excludes halogenated alkanes) is 3. The van der Waals surface area contributed by atoms with Gasteiger partial charge in [0.05, 0.1) is 24.3 Å². The first kappa shape index (κ1) is 46.2. The van der Waals surface area contributed by atoms with E-state index >= 15 is 0 Å². The van der Waals surface area contributed by atoms with Crippen molar-refractivity contribution in [3.8, 4) is 0 Å². The fraction of sp³-hybridized carbons (Fsp3) is 0.489. The second kappa shape index (κ2) is 25.1. The fourth-order valence-corrected chi connectivity index (χ4v) is 6.41. The highest BCUT2D eigenvalue weighted by molar-refractivity contribution is 5.94. The van der Waals surface area contributed by atoms with E-state index in [1.165, 1.54) is 0 Å². The summed E-state index contributed by atoms with van der Waals surface area (Å²) in [4.78, 5) is 52.3. The molecule has 0 spiro atoms. The predicted molar refractivity (Wildman–Crippen MR) is 237 cm³/mol. The van der Waals surface area contributed by atoms with E-state index in [1.54, 1.807) is 72.8 Å². The third-order valence-electron chi connectivity index (χ3n) is 10.4. The lowest BCUT2D eigenvalue weighted by Gasteiger charge is -2.15. The normalized spacial score (nSPS) is 12.5. The van der Waals surface area contributed by atoms with Gasteiger partial charge in [0.1, 0.15) is 0 Å². The Morgan fingerprint density at radius 2 is 0.915 bits per heavy atom. The number of carbonyl (C=O) groups is 3. The van der Waals surface area contributed by atoms with Crippen molar-refractivity contribution < 1.29 is 23.9 Å². The van der Waals surface area contributed by atoms with Crippen LogP contribution in [0.15, 0.2) is 72.8 Å². The van der Waals surface area contributed by atoms with Crippen molar-refractivity contribution >= 4 is 52.8 Å². The SMILES string of the molecule is CCCCC(C)COC(=O)c1ccc(Nc2nc(Nc3ccc(C(=O)NCC(CC)CCCC)cc3)nc(Nc3ccc(C(=O)OCC(CC)CCCC)cc3)n2)cc1. The van der Waals surface area contributed by atoms with Gasteiger partial charge in [-0.3, -0.25) is 4.79 Å². The molecule has 0 saturated heterocycles. The van der Waals surface area contributed by atoms with Crippen LogP contribution in [0.3, 0.4) is 0 Å². The molecule has 4 rings (SSSR count). The van der Waals surface area contributed by atoms with Crippen LogP contribution in [0, 0.1) is 17.8 Å². The van der Waals surface area contributed by atoms with E-state index in [2.05, 4.69) is 77.8 Å². The summed E-state index contributed by atoms with van der Waals surface area (Å²) in [5.41, 5.74) is 3.45. The van der Waals surface area contributed by atoms with Crippen LogP contribution in [0.25, 0.3) is 0 Å². The van der Waals surface area contributed by atoms with Gasteiger partial charge < -0.3 is 30.7 Å². The number of carbonyl (C=O) groups excluding carboxylic acids is 3. The molecule has 0 radical (unpaired) electrons. The summed E-state index contributed by atoms with van der Waals surface area (Å²) >= 11 is 0. The number of aromatic nitrogens is 3. The highest BCUT2D eigenvalue weighted by Crippen LogP contribution is 2.23. The highest BCUT2D eigenvalue weighted by Gasteiger charge is 2.15. The molecule has 12 nitrogen and oxygen atoms in total. The molecule has 0 aliphatic heterocycles. The summed E-state index contributed by atoms with van der Waals surface area (Å²) < 4.78 is 11.2. The van der Waals surface area contributed by atoms with Crippen LogP contribution in [0.4, 0.5) is 34.9 Å². The number of anilines is 6. The Morgan fingerprint density at radius 1 is 0.525 bits per heavy atom. The smallest absolute Gasteiger partial charge is 0.338 e. The quantitative estimate of drug-likeness (QED) is 0.0448. The van der Waals surface area contributed by atoms with Gasteiger partial charge in [0, 0.05) is 29.2 Å². The fourth-order valence-electron chi connectivity index (χ4n) is 6.41. The maximum absolute atomic E-state index is 12.9. The minimum absolute atomic E-state index is 0.109. The molecular formula is C47H65N7O5. The van der Waals surface area contributed by atoms with Gasteiger partial charge in [0.25, 0.3) is 5.91 Å². The number of nitrogens with one attached hydrogen (secondary N) is 4. The van der Waals surface area contributed by atoms with E-state index in [9.17, 15) is 14.4 Å². The average molecular weight is 808 g/mol. The Bertz CT molecular complexity index is 1770. The van der Waals surface area contributed by atoms with Gasteiger partial charge in [0.15, 0.2) is 0 Å². The summed E-state index contributed by atoms with van der Waals surface area (Å²) in [6.45, 7) is 14.3. The number of benzene rings is 3. The van der Waals surface area contributed by atoms with Crippen LogP contribution < -0.4 is 21.3 Å². The van der Waals surface area contributed by atoms with Crippen LogP contribution in [-0.4, -0.2) is 52.6 Å². The largest absolute Gasteiger partial charge is 0.462 e. The van der Waals surface area contributed by atoms with Crippen molar-refractivity contribution in [3.05, 3.63) is 89.5 Å². The van der Waals surface area contributed by atoms with Crippen molar-refractivity contribution in [1.29, 1.82) is 0 Å². The number of nitrogens with zero attached hydrogens (tertiary/aromatic N) is 3. The molecule has 12 heteroatoms. The lowest BCUT2D eigenvalue weighted by molar-refractivity contribution is 0.0424. The molecular weight excluding hydrogens is 743 g/mol. The second-order valence-corrected chi connectivity index (χ2v) is 15.4. The molecule has 4 N–H and O–H groups in total. The summed E-state index contributed by atoms with van der Waals surface area (Å²) in [5, 5.41) is 12.8. The van der Waals surface area contributed by atoms with E-state index in [1.807, 2.05) is 0 Å². The number of hydrogen-bond acceptors (Lipinski definition) is 11. The lowest BCUT2D eigenvalue weighted by atomic mass is 9.99. The van der Waals surface area contributed by atoms with E-state index in [0.717, 1.165) is 70.6 Å². The first-order valence-electron chi connectivity index (χ1n) is 21.6. The van der Waals surface area contributed by atoms with Crippen molar-refractivity contribution in [2.75, 3.05) is 35.7 Å². The first-order chi connectivity index (χ1) is 28.6. The van der Waals surface area contributed by atoms with Crippen LogP contribution in [0.5, 0.6) is 0 Å². The zero-order valence-electron chi connectivity index (χ0n) is 35.9. The molecule has 3 atom stereocenters. The van der Waals surface area contributed by atoms with Crippen molar-refractivity contribution in [2.45, 2.75) is 112 Å². The first-order valence-corrected chi connectivity index (χ1v) is 21.6. The maximum atomic E-state index is 12.9. The lowest BCUT2D eigenvalue weighted by Crippen LogP contribution is -2.29. The predicted octanol–water partition coefficient (Wildman–Crippen LogP) is 11.4. The zero-order chi connectivity index (χ0) is 42.4. The van der Waals surface area contributed by atoms with Gasteiger partial charge in [-0.1, -0.05) is 92.9 Å². The van der Waals surface area contributed by atoms with Crippen LogP contribution in [-0.2, 0) is 9.47 Å². The molecule has 3 aromatic carbocycles. The van der Waals surface area contributed by atoms with Gasteiger partial charge in [0.2, 0.25) is 17.8 Å². The number of ether oxygens (including phenoxy) is 2. The molecule has 59 heavy (non-hydrogen) atoms. The number of hydrogen-bond donors (Lipinski definition) is 4. The Labute approximate surface area is 351 Å². The summed E-state index contributed by atoms with van der Waals surface area (Å²) in [7, 11) is 0. The monoisotopic (exact) mass is 808 g/mol. The van der Waals surface area contributed by atoms with Crippen LogP contribution >= 0.6 is 0 Å². The number of esters is 2. The molecule has 1 aromatic heterocycles. The summed E-state index contributed by atoms with van der Waals surface area (Å²) in [5.74, 6) is 1.02.